The summed E-state index contributed by atoms with van der Waals surface area (Å²) in [7, 11) is 0. The van der Waals surface area contributed by atoms with Crippen LogP contribution in [0.3, 0.4) is 0 Å². The van der Waals surface area contributed by atoms with Crippen molar-refractivity contribution in [2.75, 3.05) is 0 Å². The molecule has 0 heterocycles. The van der Waals surface area contributed by atoms with E-state index in [2.05, 4.69) is 116 Å². The van der Waals surface area contributed by atoms with E-state index in [4.69, 9.17) is 0 Å². The fourth-order valence-corrected chi connectivity index (χ4v) is 8.97. The van der Waals surface area contributed by atoms with Gasteiger partial charge in [-0.05, 0) is 93.6 Å². The molecule has 3 fully saturated rings. The molecule has 4 aliphatic carbocycles. The molecule has 1 N–H and O–H groups in total. The highest BCUT2D eigenvalue weighted by Gasteiger charge is 2.92. The van der Waals surface area contributed by atoms with Gasteiger partial charge in [0.2, 0.25) is 0 Å². The van der Waals surface area contributed by atoms with Crippen LogP contribution in [-0.4, -0.2) is 12.4 Å². The van der Waals surface area contributed by atoms with Gasteiger partial charge in [0.15, 0.2) is 0 Å². The maximum atomic E-state index is 4.65. The topological polar surface area (TPSA) is 24.4 Å². The molecule has 194 valence electrons. The minimum Gasteiger partial charge on any atom is -0.353 e. The zero-order valence-electron chi connectivity index (χ0n) is 24.3. The normalized spacial score (nSPS) is 38.0. The highest BCUT2D eigenvalue weighted by molar-refractivity contribution is 5.91. The van der Waals surface area contributed by atoms with Gasteiger partial charge in [-0.1, -0.05) is 92.7 Å². The van der Waals surface area contributed by atoms with Crippen LogP contribution in [0.1, 0.15) is 111 Å². The van der Waals surface area contributed by atoms with Crippen molar-refractivity contribution < 1.29 is 0 Å². The lowest BCUT2D eigenvalue weighted by molar-refractivity contribution is -0.0488. The Labute approximate surface area is 220 Å². The largest absolute Gasteiger partial charge is 0.353 e. The molecule has 0 saturated heterocycles. The first-order valence-corrected chi connectivity index (χ1v) is 14.3. The number of aliphatic imine (C=N–C) groups is 1. The lowest BCUT2D eigenvalue weighted by Crippen LogP contribution is -2.50. The average Bonchev–Trinajstić information content (AvgIpc) is 3.01. The van der Waals surface area contributed by atoms with Crippen molar-refractivity contribution in [1.29, 1.82) is 0 Å². The summed E-state index contributed by atoms with van der Waals surface area (Å²) >= 11 is 0. The van der Waals surface area contributed by atoms with Gasteiger partial charge in [0, 0.05) is 17.7 Å². The summed E-state index contributed by atoms with van der Waals surface area (Å²) < 4.78 is 0. The Bertz CT molecular complexity index is 1180. The maximum absolute atomic E-state index is 4.65. The van der Waals surface area contributed by atoms with Crippen LogP contribution >= 0.6 is 0 Å². The van der Waals surface area contributed by atoms with Crippen LogP contribution < -0.4 is 5.32 Å². The molecule has 1 aromatic carbocycles. The third-order valence-corrected chi connectivity index (χ3v) is 12.5. The van der Waals surface area contributed by atoms with Gasteiger partial charge in [0.25, 0.3) is 0 Å². The maximum Gasteiger partial charge on any atom is 0.0866 e. The van der Waals surface area contributed by atoms with Crippen molar-refractivity contribution in [3.05, 3.63) is 59.3 Å². The van der Waals surface area contributed by atoms with Crippen LogP contribution in [0.5, 0.6) is 0 Å². The molecule has 0 aromatic heterocycles. The van der Waals surface area contributed by atoms with Gasteiger partial charge < -0.3 is 5.32 Å². The Morgan fingerprint density at radius 3 is 2.42 bits per heavy atom. The predicted molar refractivity (Wildman–Crippen MR) is 156 cm³/mol. The molecule has 36 heavy (non-hydrogen) atoms. The molecule has 0 aliphatic heterocycles. The number of fused-ring (bicyclic) bond motifs is 1. The number of hydrogen-bond acceptors (Lipinski definition) is 1. The quantitative estimate of drug-likeness (QED) is 0.274. The molecule has 3 saturated carbocycles. The van der Waals surface area contributed by atoms with Crippen LogP contribution in [0.15, 0.2) is 47.6 Å². The lowest BCUT2D eigenvalue weighted by atomic mass is 9.45. The summed E-state index contributed by atoms with van der Waals surface area (Å²) in [6.07, 6.45) is 13.3. The highest BCUT2D eigenvalue weighted by Crippen LogP contribution is 2.98. The second-order valence-electron chi connectivity index (χ2n) is 14.0. The molecule has 5 rings (SSSR count). The summed E-state index contributed by atoms with van der Waals surface area (Å²) in [5.74, 6) is 1.22. The van der Waals surface area contributed by atoms with E-state index >= 15 is 0 Å². The molecule has 0 bridgehead atoms. The van der Waals surface area contributed by atoms with Crippen LogP contribution in [0.2, 0.25) is 0 Å². The molecule has 1 aromatic rings. The third-order valence-electron chi connectivity index (χ3n) is 12.5. The second-order valence-corrected chi connectivity index (χ2v) is 14.0. The molecule has 2 nitrogen and oxygen atoms in total. The summed E-state index contributed by atoms with van der Waals surface area (Å²) in [5.41, 5.74) is 9.04. The molecule has 6 unspecified atom stereocenters. The van der Waals surface area contributed by atoms with E-state index in [0.717, 1.165) is 12.8 Å². The van der Waals surface area contributed by atoms with E-state index in [9.17, 15) is 0 Å². The van der Waals surface area contributed by atoms with Gasteiger partial charge in [0.05, 0.1) is 6.34 Å². The predicted octanol–water partition coefficient (Wildman–Crippen LogP) is 9.01. The minimum atomic E-state index is 0.230. The van der Waals surface area contributed by atoms with Gasteiger partial charge in [0.1, 0.15) is 0 Å². The van der Waals surface area contributed by atoms with Crippen molar-refractivity contribution >= 4 is 18.0 Å². The molecular formula is C34H48N2. The zero-order chi connectivity index (χ0) is 26.3. The highest BCUT2D eigenvalue weighted by atomic mass is 15.0. The molecule has 6 atom stereocenters. The van der Waals surface area contributed by atoms with E-state index in [-0.39, 0.29) is 10.8 Å². The molecule has 0 spiro atoms. The van der Waals surface area contributed by atoms with Crippen LogP contribution in [0, 0.1) is 33.0 Å². The SMILES string of the molecule is C=CC1=C(c2cccc(C3CC(C)(C)C3(C)C)c2/C=C\N/C=N/C(C)CCC)C2(C)C3(C)CC1C32C. The average molecular weight is 485 g/mol. The Hall–Kier alpha value is -2.09. The summed E-state index contributed by atoms with van der Waals surface area (Å²) in [6, 6.07) is 7.44. The molecule has 4 aliphatic rings. The fourth-order valence-electron chi connectivity index (χ4n) is 8.97. The molecular weight excluding hydrogens is 436 g/mol. The number of nitrogens with one attached hydrogen (secondary N) is 1. The number of allylic oxidation sites excluding steroid dienone is 3. The van der Waals surface area contributed by atoms with Gasteiger partial charge in [-0.25, -0.2) is 0 Å². The van der Waals surface area contributed by atoms with Crippen molar-refractivity contribution in [3.8, 4) is 0 Å². The van der Waals surface area contributed by atoms with Gasteiger partial charge >= 0.3 is 0 Å². The zero-order valence-corrected chi connectivity index (χ0v) is 24.3. The Balaban J connectivity index is 1.58. The molecule has 0 amide bonds. The Morgan fingerprint density at radius 1 is 1.08 bits per heavy atom. The van der Waals surface area contributed by atoms with E-state index in [1.165, 1.54) is 35.1 Å². The third kappa shape index (κ3) is 2.88. The van der Waals surface area contributed by atoms with Gasteiger partial charge in [-0.2, -0.15) is 0 Å². The Morgan fingerprint density at radius 2 is 1.81 bits per heavy atom. The first-order chi connectivity index (χ1) is 16.8. The summed E-state index contributed by atoms with van der Waals surface area (Å²) in [5, 5.41) is 3.36. The van der Waals surface area contributed by atoms with Gasteiger partial charge in [-0.3, -0.25) is 4.99 Å². The van der Waals surface area contributed by atoms with Crippen molar-refractivity contribution in [3.63, 3.8) is 0 Å². The van der Waals surface area contributed by atoms with Crippen molar-refractivity contribution in [2.24, 2.45) is 38.0 Å². The number of hydrogen-bond donors (Lipinski definition) is 1. The monoisotopic (exact) mass is 484 g/mol. The van der Waals surface area contributed by atoms with Crippen LogP contribution in [-0.2, 0) is 0 Å². The smallest absolute Gasteiger partial charge is 0.0866 e. The van der Waals surface area contributed by atoms with Gasteiger partial charge in [-0.15, -0.1) is 0 Å². The van der Waals surface area contributed by atoms with Crippen molar-refractivity contribution in [2.45, 2.75) is 100.0 Å². The standard InChI is InChI=1S/C34H48N2/c1-11-14-22(3)36-21-35-18-17-24-25(27-19-30(4,5)31(27,6)7)15-13-16-26(24)29-23(12-2)28-20-32(8)33(28,9)34(29,32)10/h12-13,15-18,21-22,27-28H,2,11,14,19-20H2,1,3-10H3,(H,35,36)/b18-17-. The van der Waals surface area contributed by atoms with E-state index in [0.29, 0.717) is 34.1 Å². The number of rotatable bonds is 9. The van der Waals surface area contributed by atoms with Crippen LogP contribution in [0.25, 0.3) is 11.6 Å². The molecule has 2 heteroatoms. The minimum absolute atomic E-state index is 0.230. The first kappa shape index (κ1) is 25.6. The van der Waals surface area contributed by atoms with E-state index in [1.807, 2.05) is 6.34 Å². The van der Waals surface area contributed by atoms with Crippen LogP contribution in [0.4, 0.5) is 0 Å². The first-order valence-electron chi connectivity index (χ1n) is 14.3. The number of nitrogens with zero attached hydrogens (tertiary/aromatic N) is 1. The second kappa shape index (κ2) is 7.95. The van der Waals surface area contributed by atoms with E-state index in [1.54, 1.807) is 5.57 Å². The number of benzene rings is 1. The fraction of sp³-hybridized carbons (Fsp3) is 0.618. The van der Waals surface area contributed by atoms with Crippen molar-refractivity contribution in [1.82, 2.24) is 5.32 Å². The molecule has 0 radical (unpaired) electrons. The Kier molecular flexibility index (Phi) is 5.65. The van der Waals surface area contributed by atoms with E-state index < -0.39 is 0 Å². The summed E-state index contributed by atoms with van der Waals surface area (Å²) in [4.78, 5) is 4.65. The summed E-state index contributed by atoms with van der Waals surface area (Å²) in [6.45, 7) is 26.1. The lowest BCUT2D eigenvalue weighted by Gasteiger charge is -2.59.